The van der Waals surface area contributed by atoms with Crippen LogP contribution >= 0.6 is 0 Å². The van der Waals surface area contributed by atoms with Crippen LogP contribution in [0.2, 0.25) is 0 Å². The van der Waals surface area contributed by atoms with Crippen LogP contribution in [0.4, 0.5) is 0 Å². The Balaban J connectivity index is 0. The van der Waals surface area contributed by atoms with Crippen LogP contribution in [0.15, 0.2) is 0 Å². The SMILES string of the molecule is CC(C)(C)C.CC(C)(C)CCCC1(C)C(=O)OC(C)(C)OC1=O.CCOC(C)OCCCC(C)(C)C. The number of carbonyl (C=O) groups is 2. The van der Waals surface area contributed by atoms with Crippen molar-refractivity contribution in [2.45, 2.75) is 148 Å². The van der Waals surface area contributed by atoms with E-state index in [4.69, 9.17) is 18.9 Å². The molecule has 0 saturated carbocycles. The van der Waals surface area contributed by atoms with Gasteiger partial charge in [0.2, 0.25) is 0 Å². The third-order valence-corrected chi connectivity index (χ3v) is 5.01. The summed E-state index contributed by atoms with van der Waals surface area (Å²) in [6.45, 7) is 32.1. The van der Waals surface area contributed by atoms with Crippen LogP contribution in [0.5, 0.6) is 0 Å². The average Bonchev–Trinajstić information content (AvgIpc) is 2.61. The highest BCUT2D eigenvalue weighted by Crippen LogP contribution is 2.37. The quantitative estimate of drug-likeness (QED) is 0.133. The van der Waals surface area contributed by atoms with Gasteiger partial charge >= 0.3 is 11.9 Å². The number of cyclic esters (lactones) is 2. The first-order valence-electron chi connectivity index (χ1n) is 13.6. The smallest absolute Gasteiger partial charge is 0.326 e. The number of ether oxygens (including phenoxy) is 4. The number of esters is 2. The molecule has 1 saturated heterocycles. The molecule has 216 valence electrons. The van der Waals surface area contributed by atoms with Gasteiger partial charge in [-0.1, -0.05) is 75.7 Å². The van der Waals surface area contributed by atoms with E-state index in [1.807, 2.05) is 13.8 Å². The first-order valence-corrected chi connectivity index (χ1v) is 13.6. The summed E-state index contributed by atoms with van der Waals surface area (Å²) >= 11 is 0. The van der Waals surface area contributed by atoms with Crippen molar-refractivity contribution < 1.29 is 28.5 Å². The van der Waals surface area contributed by atoms with Gasteiger partial charge in [-0.15, -0.1) is 0 Å². The summed E-state index contributed by atoms with van der Waals surface area (Å²) < 4.78 is 21.0. The zero-order valence-corrected chi connectivity index (χ0v) is 26.5. The van der Waals surface area contributed by atoms with Gasteiger partial charge < -0.3 is 18.9 Å². The number of hydrogen-bond donors (Lipinski definition) is 0. The highest BCUT2D eigenvalue weighted by atomic mass is 16.7. The van der Waals surface area contributed by atoms with Crippen molar-refractivity contribution in [2.24, 2.45) is 21.7 Å². The lowest BCUT2D eigenvalue weighted by molar-refractivity contribution is -0.250. The Labute approximate surface area is 223 Å². The molecule has 1 rings (SSSR count). The van der Waals surface area contributed by atoms with Gasteiger partial charge in [0, 0.05) is 27.1 Å². The standard InChI is InChI=1S/C14H24O4.C11H24O2.C5H12/c1-12(2,3)8-7-9-14(6)10(15)17-13(4,5)18-11(14)16;1-6-12-10(2)13-9-7-8-11(3,4)5;1-5(2,3)4/h7-9H2,1-6H3;10H,6-9H2,1-5H3;1-4H3. The fourth-order valence-electron chi connectivity index (χ4n) is 3.09. The van der Waals surface area contributed by atoms with E-state index in [2.05, 4.69) is 69.2 Å². The maximum Gasteiger partial charge on any atom is 0.326 e. The fraction of sp³-hybridized carbons (Fsp3) is 0.933. The van der Waals surface area contributed by atoms with Crippen LogP contribution in [-0.2, 0) is 28.5 Å². The van der Waals surface area contributed by atoms with Crippen LogP contribution < -0.4 is 0 Å². The van der Waals surface area contributed by atoms with E-state index in [0.717, 1.165) is 32.5 Å². The third-order valence-electron chi connectivity index (χ3n) is 5.01. The second-order valence-corrected chi connectivity index (χ2v) is 14.5. The molecule has 0 spiro atoms. The molecule has 1 aliphatic rings. The summed E-state index contributed by atoms with van der Waals surface area (Å²) in [5.74, 6) is -2.09. The second-order valence-electron chi connectivity index (χ2n) is 14.5. The molecule has 1 aliphatic heterocycles. The molecule has 0 N–H and O–H groups in total. The van der Waals surface area contributed by atoms with E-state index < -0.39 is 23.1 Å². The zero-order valence-electron chi connectivity index (χ0n) is 26.5. The van der Waals surface area contributed by atoms with Crippen molar-refractivity contribution in [1.82, 2.24) is 0 Å². The molecule has 0 amide bonds. The molecule has 0 bridgehead atoms. The van der Waals surface area contributed by atoms with Gasteiger partial charge in [-0.3, -0.25) is 9.59 Å². The Morgan fingerprint density at radius 3 is 1.50 bits per heavy atom. The van der Waals surface area contributed by atoms with Crippen molar-refractivity contribution in [3.8, 4) is 0 Å². The third kappa shape index (κ3) is 21.0. The number of hydrogen-bond acceptors (Lipinski definition) is 6. The minimum absolute atomic E-state index is 0.0510. The van der Waals surface area contributed by atoms with Crippen molar-refractivity contribution in [2.75, 3.05) is 13.2 Å². The predicted molar refractivity (Wildman–Crippen MR) is 149 cm³/mol. The van der Waals surface area contributed by atoms with Gasteiger partial charge in [0.05, 0.1) is 0 Å². The lowest BCUT2D eigenvalue weighted by atomic mass is 9.80. The summed E-state index contributed by atoms with van der Waals surface area (Å²) in [6, 6.07) is 0. The van der Waals surface area contributed by atoms with Gasteiger partial charge in [-0.05, 0) is 62.7 Å². The maximum atomic E-state index is 12.0. The molecule has 6 heteroatoms. The Hall–Kier alpha value is -1.14. The van der Waals surface area contributed by atoms with Gasteiger partial charge in [-0.2, -0.15) is 0 Å². The molecule has 0 aromatic carbocycles. The normalized spacial score (nSPS) is 18.1. The maximum absolute atomic E-state index is 12.0. The molecule has 1 fully saturated rings. The highest BCUT2D eigenvalue weighted by Gasteiger charge is 2.52. The molecule has 0 aliphatic carbocycles. The van der Waals surface area contributed by atoms with Crippen molar-refractivity contribution >= 4 is 11.9 Å². The van der Waals surface area contributed by atoms with Gasteiger partial charge in [0.1, 0.15) is 0 Å². The molecular weight excluding hydrogens is 456 g/mol. The van der Waals surface area contributed by atoms with Crippen LogP contribution in [0, 0.1) is 21.7 Å². The Kier molecular flexibility index (Phi) is 15.7. The molecule has 1 unspecified atom stereocenters. The minimum atomic E-state index is -1.15. The Morgan fingerprint density at radius 2 is 1.14 bits per heavy atom. The first-order chi connectivity index (χ1) is 15.9. The highest BCUT2D eigenvalue weighted by molar-refractivity contribution is 6.01. The molecule has 0 aromatic heterocycles. The largest absolute Gasteiger partial charge is 0.422 e. The minimum Gasteiger partial charge on any atom is -0.422 e. The van der Waals surface area contributed by atoms with E-state index in [1.165, 1.54) is 6.42 Å². The lowest BCUT2D eigenvalue weighted by Gasteiger charge is -2.38. The number of rotatable bonds is 9. The topological polar surface area (TPSA) is 71.1 Å². The molecule has 1 atom stereocenters. The Bertz CT molecular complexity index is 605. The lowest BCUT2D eigenvalue weighted by Crippen LogP contribution is -2.52. The van der Waals surface area contributed by atoms with Crippen LogP contribution in [0.1, 0.15) is 136 Å². The summed E-state index contributed by atoms with van der Waals surface area (Å²) in [7, 11) is 0. The molecule has 6 nitrogen and oxygen atoms in total. The Morgan fingerprint density at radius 1 is 0.750 bits per heavy atom. The summed E-state index contributed by atoms with van der Waals surface area (Å²) in [4.78, 5) is 23.9. The molecule has 36 heavy (non-hydrogen) atoms. The van der Waals surface area contributed by atoms with Crippen LogP contribution in [-0.4, -0.2) is 37.2 Å². The first kappa shape index (κ1) is 37.0. The summed E-state index contributed by atoms with van der Waals surface area (Å²) in [6.07, 6.45) is 4.48. The molecular formula is C30H60O6. The van der Waals surface area contributed by atoms with E-state index in [0.29, 0.717) is 17.3 Å². The van der Waals surface area contributed by atoms with Gasteiger partial charge in [0.15, 0.2) is 11.7 Å². The summed E-state index contributed by atoms with van der Waals surface area (Å²) in [5, 5.41) is 0. The zero-order chi connectivity index (χ0) is 29.0. The fourth-order valence-corrected chi connectivity index (χ4v) is 3.09. The van der Waals surface area contributed by atoms with Crippen LogP contribution in [0.3, 0.4) is 0 Å². The molecule has 0 aromatic rings. The van der Waals surface area contributed by atoms with Crippen molar-refractivity contribution in [3.05, 3.63) is 0 Å². The van der Waals surface area contributed by atoms with Gasteiger partial charge in [-0.25, -0.2) is 0 Å². The molecule has 0 radical (unpaired) electrons. The van der Waals surface area contributed by atoms with E-state index >= 15 is 0 Å². The predicted octanol–water partition coefficient (Wildman–Crippen LogP) is 8.31. The number of carbonyl (C=O) groups excluding carboxylic acids is 2. The average molecular weight is 517 g/mol. The second kappa shape index (κ2) is 15.3. The molecule has 1 heterocycles. The summed E-state index contributed by atoms with van der Waals surface area (Å²) in [5.41, 5.74) is -0.0446. The van der Waals surface area contributed by atoms with Crippen molar-refractivity contribution in [3.63, 3.8) is 0 Å². The van der Waals surface area contributed by atoms with E-state index in [1.54, 1.807) is 20.8 Å². The van der Waals surface area contributed by atoms with Crippen LogP contribution in [0.25, 0.3) is 0 Å². The van der Waals surface area contributed by atoms with E-state index in [-0.39, 0.29) is 11.7 Å². The van der Waals surface area contributed by atoms with Crippen molar-refractivity contribution in [1.29, 1.82) is 0 Å². The van der Waals surface area contributed by atoms with E-state index in [9.17, 15) is 9.59 Å². The van der Waals surface area contributed by atoms with Gasteiger partial charge in [0.25, 0.3) is 5.79 Å². The monoisotopic (exact) mass is 516 g/mol.